The van der Waals surface area contributed by atoms with Crippen molar-refractivity contribution in [3.63, 3.8) is 0 Å². The molecule has 39 heavy (non-hydrogen) atoms. The van der Waals surface area contributed by atoms with Crippen LogP contribution >= 0.6 is 0 Å². The van der Waals surface area contributed by atoms with Crippen molar-refractivity contribution in [2.75, 3.05) is 6.61 Å². The van der Waals surface area contributed by atoms with Crippen molar-refractivity contribution in [3.05, 3.63) is 82.9 Å². The second-order valence-electron chi connectivity index (χ2n) is 11.1. The maximum Gasteiger partial charge on any atom is 0.334 e. The van der Waals surface area contributed by atoms with E-state index in [0.29, 0.717) is 5.57 Å². The van der Waals surface area contributed by atoms with E-state index in [-0.39, 0.29) is 37.1 Å². The van der Waals surface area contributed by atoms with Crippen LogP contribution in [-0.2, 0) is 41.8 Å². The number of ether oxygens (including phenoxy) is 1. The standard InChI is InChI=1S/C31H30N2O6/c1-4-39-30(38)23-17(2)20-21-24(28(36)32(26(21)34)15-18-11-7-5-8-12-18)31(23,3)25-22(20)27(35)33(29(25)37)16-19-13-9-6-10-14-19/h5-14,20-22,24-25H,4,15-16H2,1-3H3/t20?,21-,22+,24-,25+,31?. The van der Waals surface area contributed by atoms with Crippen LogP contribution in [-0.4, -0.2) is 46.0 Å². The first-order valence-corrected chi connectivity index (χ1v) is 13.4. The number of hydrogen-bond donors (Lipinski definition) is 0. The van der Waals surface area contributed by atoms with E-state index in [4.69, 9.17) is 4.74 Å². The molecule has 1 saturated carbocycles. The maximum absolute atomic E-state index is 14.1. The Labute approximate surface area is 226 Å². The molecule has 8 heteroatoms. The lowest BCUT2D eigenvalue weighted by molar-refractivity contribution is -0.155. The highest BCUT2D eigenvalue weighted by atomic mass is 16.5. The van der Waals surface area contributed by atoms with Crippen LogP contribution in [0.3, 0.4) is 0 Å². The Bertz CT molecular complexity index is 1350. The highest BCUT2D eigenvalue weighted by molar-refractivity contribution is 6.13. The zero-order valence-electron chi connectivity index (χ0n) is 22.1. The van der Waals surface area contributed by atoms with Gasteiger partial charge in [0.1, 0.15) is 0 Å². The minimum Gasteiger partial charge on any atom is -0.463 e. The summed E-state index contributed by atoms with van der Waals surface area (Å²) >= 11 is 0. The number of imide groups is 2. The van der Waals surface area contributed by atoms with Crippen LogP contribution in [0.4, 0.5) is 0 Å². The van der Waals surface area contributed by atoms with Crippen LogP contribution in [0.1, 0.15) is 31.9 Å². The summed E-state index contributed by atoms with van der Waals surface area (Å²) in [4.78, 5) is 71.9. The van der Waals surface area contributed by atoms with Crippen LogP contribution in [0.15, 0.2) is 71.8 Å². The van der Waals surface area contributed by atoms with Gasteiger partial charge in [-0.3, -0.25) is 29.0 Å². The number of benzene rings is 2. The Morgan fingerprint density at radius 3 is 1.59 bits per heavy atom. The highest BCUT2D eigenvalue weighted by Gasteiger charge is 2.76. The lowest BCUT2D eigenvalue weighted by Crippen LogP contribution is -2.61. The average Bonchev–Trinajstić information content (AvgIpc) is 3.32. The van der Waals surface area contributed by atoms with Crippen molar-refractivity contribution in [1.29, 1.82) is 0 Å². The molecule has 2 saturated heterocycles. The van der Waals surface area contributed by atoms with Crippen LogP contribution in [0.25, 0.3) is 0 Å². The minimum absolute atomic E-state index is 0.0967. The third-order valence-electron chi connectivity index (χ3n) is 9.23. The molecule has 0 N–H and O–H groups in total. The zero-order valence-corrected chi connectivity index (χ0v) is 22.1. The summed E-state index contributed by atoms with van der Waals surface area (Å²) in [5.41, 5.74) is 1.07. The van der Waals surface area contributed by atoms with E-state index in [1.807, 2.05) is 60.7 Å². The van der Waals surface area contributed by atoms with Gasteiger partial charge < -0.3 is 4.74 Å². The van der Waals surface area contributed by atoms with E-state index >= 15 is 0 Å². The van der Waals surface area contributed by atoms with Gasteiger partial charge in [0.15, 0.2) is 0 Å². The van der Waals surface area contributed by atoms with Gasteiger partial charge in [0.25, 0.3) is 0 Å². The van der Waals surface area contributed by atoms with E-state index in [2.05, 4.69) is 0 Å². The second kappa shape index (κ2) is 9.00. The molecule has 0 aromatic heterocycles. The topological polar surface area (TPSA) is 101 Å². The molecule has 2 aromatic rings. The predicted octanol–water partition coefficient (Wildman–Crippen LogP) is 3.12. The number of allylic oxidation sites excluding steroid dienone is 1. The molecule has 6 atom stereocenters. The maximum atomic E-state index is 14.1. The van der Waals surface area contributed by atoms with E-state index in [9.17, 15) is 24.0 Å². The van der Waals surface area contributed by atoms with Crippen LogP contribution in [0, 0.1) is 35.0 Å². The largest absolute Gasteiger partial charge is 0.463 e. The number of nitrogens with zero attached hydrogens (tertiary/aromatic N) is 2. The van der Waals surface area contributed by atoms with Gasteiger partial charge in [0, 0.05) is 16.9 Å². The molecule has 2 heterocycles. The second-order valence-corrected chi connectivity index (χ2v) is 11.1. The monoisotopic (exact) mass is 526 g/mol. The van der Waals surface area contributed by atoms with Crippen LogP contribution < -0.4 is 0 Å². The Kier molecular flexibility index (Phi) is 5.82. The predicted molar refractivity (Wildman–Crippen MR) is 139 cm³/mol. The van der Waals surface area contributed by atoms with Gasteiger partial charge in [-0.05, 0) is 25.0 Å². The van der Waals surface area contributed by atoms with Crippen LogP contribution in [0.5, 0.6) is 0 Å². The Morgan fingerprint density at radius 2 is 1.18 bits per heavy atom. The van der Waals surface area contributed by atoms with Gasteiger partial charge >= 0.3 is 5.97 Å². The Balaban J connectivity index is 1.47. The molecule has 2 aromatic carbocycles. The van der Waals surface area contributed by atoms with Gasteiger partial charge in [-0.1, -0.05) is 73.2 Å². The molecule has 200 valence electrons. The quantitative estimate of drug-likeness (QED) is 0.424. The van der Waals surface area contributed by atoms with Gasteiger partial charge in [0.2, 0.25) is 23.6 Å². The third kappa shape index (κ3) is 3.40. The van der Waals surface area contributed by atoms with Crippen molar-refractivity contribution in [1.82, 2.24) is 9.80 Å². The number of likely N-dealkylation sites (tertiary alicyclic amines) is 2. The number of amides is 4. The average molecular weight is 527 g/mol. The fourth-order valence-electron chi connectivity index (χ4n) is 7.77. The summed E-state index contributed by atoms with van der Waals surface area (Å²) in [6.45, 7) is 5.47. The summed E-state index contributed by atoms with van der Waals surface area (Å²) in [5.74, 6) is -6.36. The summed E-state index contributed by atoms with van der Waals surface area (Å²) < 4.78 is 5.42. The van der Waals surface area contributed by atoms with Crippen LogP contribution in [0.2, 0.25) is 0 Å². The number of carbonyl (C=O) groups is 5. The molecule has 7 rings (SSSR count). The fourth-order valence-corrected chi connectivity index (χ4v) is 7.77. The zero-order chi connectivity index (χ0) is 27.6. The van der Waals surface area contributed by atoms with Crippen molar-refractivity contribution in [3.8, 4) is 0 Å². The number of hydrogen-bond acceptors (Lipinski definition) is 6. The summed E-state index contributed by atoms with van der Waals surface area (Å²) in [6, 6.07) is 18.4. The van der Waals surface area contributed by atoms with Gasteiger partial charge in [-0.2, -0.15) is 0 Å². The number of rotatable bonds is 6. The van der Waals surface area contributed by atoms with Gasteiger partial charge in [0.05, 0.1) is 43.4 Å². The third-order valence-corrected chi connectivity index (χ3v) is 9.23. The summed E-state index contributed by atoms with van der Waals surface area (Å²) in [7, 11) is 0. The first kappa shape index (κ1) is 25.2. The molecular weight excluding hydrogens is 496 g/mol. The van der Waals surface area contributed by atoms with E-state index in [0.717, 1.165) is 11.1 Å². The van der Waals surface area contributed by atoms with E-state index in [1.165, 1.54) is 9.80 Å². The molecule has 0 spiro atoms. The smallest absolute Gasteiger partial charge is 0.334 e. The molecule has 4 amide bonds. The lowest BCUT2D eigenvalue weighted by Gasteiger charge is -2.55. The molecule has 2 aliphatic heterocycles. The highest BCUT2D eigenvalue weighted by Crippen LogP contribution is 2.68. The Hall–Kier alpha value is -4.07. The molecule has 2 bridgehead atoms. The molecule has 3 fully saturated rings. The van der Waals surface area contributed by atoms with Crippen molar-refractivity contribution >= 4 is 29.6 Å². The first-order valence-electron chi connectivity index (χ1n) is 13.4. The normalized spacial score (nSPS) is 31.2. The first-order chi connectivity index (χ1) is 18.7. The van der Waals surface area contributed by atoms with Crippen molar-refractivity contribution < 1.29 is 28.7 Å². The van der Waals surface area contributed by atoms with Gasteiger partial charge in [-0.25, -0.2) is 4.79 Å². The Morgan fingerprint density at radius 1 is 0.744 bits per heavy atom. The van der Waals surface area contributed by atoms with Crippen molar-refractivity contribution in [2.45, 2.75) is 33.9 Å². The summed E-state index contributed by atoms with van der Waals surface area (Å²) in [5, 5.41) is 0. The molecule has 5 aliphatic rings. The molecular formula is C31H30N2O6. The van der Waals surface area contributed by atoms with Crippen molar-refractivity contribution in [2.24, 2.45) is 35.0 Å². The van der Waals surface area contributed by atoms with E-state index < -0.39 is 52.8 Å². The fraction of sp³-hybridized carbons (Fsp3) is 0.387. The molecule has 8 nitrogen and oxygen atoms in total. The molecule has 0 radical (unpaired) electrons. The summed E-state index contributed by atoms with van der Waals surface area (Å²) in [6.07, 6.45) is 0. The molecule has 2 unspecified atom stereocenters. The van der Waals surface area contributed by atoms with Gasteiger partial charge in [-0.15, -0.1) is 0 Å². The lowest BCUT2D eigenvalue weighted by atomic mass is 9.43. The minimum atomic E-state index is -1.36. The SMILES string of the molecule is CCOC(=O)C1=C(C)C2[C@H]3C(=O)N(Cc4ccccc4)C(=O)[C@@H]3C1(C)[C@@H]1C(=O)N(Cc3ccccc3)C(=O)[C@@H]21. The number of esters is 1. The molecule has 3 aliphatic carbocycles. The number of carbonyl (C=O) groups excluding carboxylic acids is 5. The van der Waals surface area contributed by atoms with E-state index in [1.54, 1.807) is 20.8 Å².